The average molecular weight is 517 g/mol. The highest BCUT2D eigenvalue weighted by atomic mass is 32.2. The van der Waals surface area contributed by atoms with Crippen molar-refractivity contribution >= 4 is 40.1 Å². The van der Waals surface area contributed by atoms with Crippen LogP contribution >= 0.6 is 11.8 Å². The molecule has 2 aliphatic rings. The molecule has 0 aromatic heterocycles. The fourth-order valence-electron chi connectivity index (χ4n) is 4.25. The smallest absolute Gasteiger partial charge is 0.262 e. The number of thioether (sulfide) groups is 1. The maximum atomic E-state index is 13.8. The Hall–Kier alpha value is -3.98. The third kappa shape index (κ3) is 5.41. The highest BCUT2D eigenvalue weighted by molar-refractivity contribution is 8.15. The van der Waals surface area contributed by atoms with Crippen LogP contribution in [0.4, 0.5) is 10.1 Å². The van der Waals surface area contributed by atoms with Crippen LogP contribution in [-0.2, 0) is 9.59 Å². The van der Waals surface area contributed by atoms with Crippen LogP contribution in [0.2, 0.25) is 0 Å². The number of anilines is 1. The number of ether oxygens (including phenoxy) is 1. The van der Waals surface area contributed by atoms with Crippen LogP contribution < -0.4 is 10.1 Å². The Morgan fingerprint density at radius 3 is 2.70 bits per heavy atom. The standard InChI is InChI=1S/C28H25FN4O3S/c1-17-11-12-20(14-22(17)29)30-26(34)16-25-27(35)31-28(37-25)33-24(18-7-4-3-5-8-18)15-23(32-33)19-9-6-10-21(13-19)36-2/h3-14,24-25H,15-16H2,1-2H3,(H,30,34)/t24-,25-/m0/s1. The molecule has 0 spiro atoms. The van der Waals surface area contributed by atoms with Crippen molar-refractivity contribution in [3.8, 4) is 5.75 Å². The number of halogens is 1. The lowest BCUT2D eigenvalue weighted by molar-refractivity contribution is -0.121. The number of nitrogens with one attached hydrogen (secondary N) is 1. The number of aliphatic imine (C=N–C) groups is 1. The molecular formula is C28H25FN4O3S. The number of carbonyl (C=O) groups excluding carboxylic acids is 2. The van der Waals surface area contributed by atoms with Gasteiger partial charge in [-0.2, -0.15) is 10.1 Å². The van der Waals surface area contributed by atoms with Gasteiger partial charge in [0.05, 0.1) is 18.9 Å². The summed E-state index contributed by atoms with van der Waals surface area (Å²) in [7, 11) is 1.62. The van der Waals surface area contributed by atoms with Gasteiger partial charge in [-0.3, -0.25) is 9.59 Å². The lowest BCUT2D eigenvalue weighted by atomic mass is 9.98. The number of hydrazone groups is 1. The largest absolute Gasteiger partial charge is 0.497 e. The zero-order valence-electron chi connectivity index (χ0n) is 20.3. The zero-order valence-corrected chi connectivity index (χ0v) is 21.2. The fourth-order valence-corrected chi connectivity index (χ4v) is 5.32. The first-order chi connectivity index (χ1) is 17.9. The molecule has 2 atom stereocenters. The molecule has 0 saturated heterocycles. The highest BCUT2D eigenvalue weighted by Crippen LogP contribution is 2.38. The normalized spacial score (nSPS) is 19.0. The second kappa shape index (κ2) is 10.6. The van der Waals surface area contributed by atoms with Crippen molar-refractivity contribution in [1.82, 2.24) is 5.01 Å². The second-order valence-electron chi connectivity index (χ2n) is 8.81. The number of carbonyl (C=O) groups is 2. The molecule has 3 aromatic rings. The maximum absolute atomic E-state index is 13.8. The molecule has 0 fully saturated rings. The molecule has 3 aromatic carbocycles. The minimum atomic E-state index is -0.683. The van der Waals surface area contributed by atoms with Gasteiger partial charge in [-0.15, -0.1) is 0 Å². The first-order valence-electron chi connectivity index (χ1n) is 11.8. The summed E-state index contributed by atoms with van der Waals surface area (Å²) in [5, 5.41) is 9.07. The van der Waals surface area contributed by atoms with Gasteiger partial charge in [-0.05, 0) is 42.3 Å². The Morgan fingerprint density at radius 1 is 1.14 bits per heavy atom. The van der Waals surface area contributed by atoms with Crippen LogP contribution in [-0.4, -0.2) is 40.1 Å². The van der Waals surface area contributed by atoms with E-state index < -0.39 is 11.1 Å². The molecule has 2 amide bonds. The van der Waals surface area contributed by atoms with E-state index in [0.717, 1.165) is 22.6 Å². The zero-order chi connectivity index (χ0) is 25.9. The van der Waals surface area contributed by atoms with Crippen molar-refractivity contribution in [1.29, 1.82) is 0 Å². The number of amidine groups is 1. The van der Waals surface area contributed by atoms with E-state index in [-0.39, 0.29) is 24.3 Å². The number of benzene rings is 3. The minimum Gasteiger partial charge on any atom is -0.497 e. The van der Waals surface area contributed by atoms with E-state index >= 15 is 0 Å². The van der Waals surface area contributed by atoms with E-state index in [4.69, 9.17) is 9.84 Å². The molecule has 0 unspecified atom stereocenters. The summed E-state index contributed by atoms with van der Waals surface area (Å²) < 4.78 is 19.2. The van der Waals surface area contributed by atoms with Gasteiger partial charge in [0, 0.05) is 24.1 Å². The number of rotatable bonds is 6. The molecule has 188 valence electrons. The minimum absolute atomic E-state index is 0.0811. The Kier molecular flexibility index (Phi) is 7.05. The molecule has 2 aliphatic heterocycles. The number of amides is 2. The Balaban J connectivity index is 1.34. The van der Waals surface area contributed by atoms with Crippen LogP contribution in [0.25, 0.3) is 0 Å². The van der Waals surface area contributed by atoms with Gasteiger partial charge < -0.3 is 10.1 Å². The summed E-state index contributed by atoms with van der Waals surface area (Å²) in [4.78, 5) is 29.7. The molecule has 5 rings (SSSR count). The SMILES string of the molecule is COc1cccc(C2=NN(C3=NC(=O)[C@H](CC(=O)Nc4ccc(C)c(F)c4)S3)[C@H](c3ccccc3)C2)c1. The van der Waals surface area contributed by atoms with Crippen molar-refractivity contribution in [3.05, 3.63) is 95.3 Å². The molecule has 0 radical (unpaired) electrons. The van der Waals surface area contributed by atoms with Crippen molar-refractivity contribution in [2.75, 3.05) is 12.4 Å². The van der Waals surface area contributed by atoms with Gasteiger partial charge in [0.2, 0.25) is 5.91 Å². The Morgan fingerprint density at radius 2 is 1.95 bits per heavy atom. The van der Waals surface area contributed by atoms with Crippen LogP contribution in [0.5, 0.6) is 5.75 Å². The quantitative estimate of drug-likeness (QED) is 0.480. The monoisotopic (exact) mass is 516 g/mol. The van der Waals surface area contributed by atoms with E-state index in [2.05, 4.69) is 10.3 Å². The lowest BCUT2D eigenvalue weighted by Gasteiger charge is -2.23. The number of aryl methyl sites for hydroxylation is 1. The van der Waals surface area contributed by atoms with Crippen molar-refractivity contribution in [3.63, 3.8) is 0 Å². The Bertz CT molecular complexity index is 1410. The molecular weight excluding hydrogens is 491 g/mol. The first kappa shape index (κ1) is 24.7. The molecule has 7 nitrogen and oxygen atoms in total. The van der Waals surface area contributed by atoms with E-state index in [1.54, 1.807) is 31.2 Å². The van der Waals surface area contributed by atoms with Gasteiger partial charge in [-0.25, -0.2) is 9.40 Å². The van der Waals surface area contributed by atoms with Crippen molar-refractivity contribution in [2.45, 2.75) is 31.1 Å². The highest BCUT2D eigenvalue weighted by Gasteiger charge is 2.39. The number of hydrogen-bond donors (Lipinski definition) is 1. The van der Waals surface area contributed by atoms with E-state index in [1.165, 1.54) is 17.8 Å². The lowest BCUT2D eigenvalue weighted by Crippen LogP contribution is -2.25. The van der Waals surface area contributed by atoms with Gasteiger partial charge in [-0.1, -0.05) is 60.3 Å². The Labute approximate surface area is 218 Å². The van der Waals surface area contributed by atoms with Gasteiger partial charge in [0.25, 0.3) is 5.91 Å². The molecule has 2 heterocycles. The third-order valence-electron chi connectivity index (χ3n) is 6.25. The van der Waals surface area contributed by atoms with E-state index in [1.807, 2.05) is 54.6 Å². The molecule has 0 aliphatic carbocycles. The predicted octanol–water partition coefficient (Wildman–Crippen LogP) is 5.32. The van der Waals surface area contributed by atoms with Gasteiger partial charge in [0.1, 0.15) is 16.8 Å². The second-order valence-corrected chi connectivity index (χ2v) is 9.98. The van der Waals surface area contributed by atoms with Crippen LogP contribution in [0, 0.1) is 12.7 Å². The van der Waals surface area contributed by atoms with E-state index in [0.29, 0.717) is 22.8 Å². The summed E-state index contributed by atoms with van der Waals surface area (Å²) in [6.45, 7) is 1.65. The summed E-state index contributed by atoms with van der Waals surface area (Å²) in [6, 6.07) is 22.0. The fraction of sp³-hybridized carbons (Fsp3) is 0.214. The number of hydrogen-bond acceptors (Lipinski definition) is 6. The summed E-state index contributed by atoms with van der Waals surface area (Å²) in [6.07, 6.45) is 0.539. The summed E-state index contributed by atoms with van der Waals surface area (Å²) in [5.74, 6) is -0.438. The predicted molar refractivity (Wildman–Crippen MR) is 143 cm³/mol. The maximum Gasteiger partial charge on any atom is 0.262 e. The van der Waals surface area contributed by atoms with E-state index in [9.17, 15) is 14.0 Å². The van der Waals surface area contributed by atoms with Gasteiger partial charge in [0.15, 0.2) is 5.17 Å². The molecule has 0 bridgehead atoms. The topological polar surface area (TPSA) is 83.4 Å². The third-order valence-corrected chi connectivity index (χ3v) is 7.39. The molecule has 37 heavy (non-hydrogen) atoms. The molecule has 9 heteroatoms. The molecule has 1 N–H and O–H groups in total. The van der Waals surface area contributed by atoms with Crippen LogP contribution in [0.3, 0.4) is 0 Å². The molecule has 0 saturated carbocycles. The van der Waals surface area contributed by atoms with Crippen molar-refractivity contribution in [2.24, 2.45) is 10.1 Å². The summed E-state index contributed by atoms with van der Waals surface area (Å²) in [5.41, 5.74) is 3.67. The average Bonchev–Trinajstić information content (AvgIpc) is 3.51. The van der Waals surface area contributed by atoms with Gasteiger partial charge >= 0.3 is 0 Å². The van der Waals surface area contributed by atoms with Crippen molar-refractivity contribution < 1.29 is 18.7 Å². The van der Waals surface area contributed by atoms with Crippen LogP contribution in [0.15, 0.2) is 82.9 Å². The number of nitrogens with zero attached hydrogens (tertiary/aromatic N) is 3. The van der Waals surface area contributed by atoms with Crippen LogP contribution in [0.1, 0.15) is 35.6 Å². The number of methoxy groups -OCH3 is 1. The first-order valence-corrected chi connectivity index (χ1v) is 12.7. The summed E-state index contributed by atoms with van der Waals surface area (Å²) >= 11 is 1.22.